The van der Waals surface area contributed by atoms with Crippen molar-refractivity contribution in [2.75, 3.05) is 6.54 Å². The number of carbonyl (C=O) groups is 1. The number of amides is 1. The van der Waals surface area contributed by atoms with Crippen LogP contribution in [0.25, 0.3) is 5.69 Å². The van der Waals surface area contributed by atoms with Gasteiger partial charge in [-0.1, -0.05) is 19.9 Å². The van der Waals surface area contributed by atoms with Gasteiger partial charge in [-0.05, 0) is 38.0 Å². The molecule has 0 saturated carbocycles. The largest absolute Gasteiger partial charge is 0.416 e. The smallest absolute Gasteiger partial charge is 0.344 e. The van der Waals surface area contributed by atoms with Crippen molar-refractivity contribution in [3.05, 3.63) is 57.5 Å². The first-order valence-corrected chi connectivity index (χ1v) is 8.88. The molecule has 2 aromatic rings. The van der Waals surface area contributed by atoms with Gasteiger partial charge in [-0.3, -0.25) is 9.59 Å². The number of hydrogen-bond donors (Lipinski definition) is 2. The van der Waals surface area contributed by atoms with E-state index in [0.717, 1.165) is 16.8 Å². The molecule has 6 nitrogen and oxygen atoms in total. The highest BCUT2D eigenvalue weighted by molar-refractivity contribution is 5.92. The monoisotopic (exact) mass is 396 g/mol. The highest BCUT2D eigenvalue weighted by Gasteiger charge is 2.31. The highest BCUT2D eigenvalue weighted by Crippen LogP contribution is 2.30. The minimum Gasteiger partial charge on any atom is -0.344 e. The summed E-state index contributed by atoms with van der Waals surface area (Å²) in [5, 5.41) is 6.79. The summed E-state index contributed by atoms with van der Waals surface area (Å²) in [5.74, 6) is -0.708. The third kappa shape index (κ3) is 4.41. The molecular formula is C19H23F3N4O2. The fraction of sp³-hybridized carbons (Fsp3) is 0.421. The Morgan fingerprint density at radius 1 is 1.21 bits per heavy atom. The van der Waals surface area contributed by atoms with Gasteiger partial charge < -0.3 is 11.1 Å². The van der Waals surface area contributed by atoms with Gasteiger partial charge in [0.2, 0.25) is 5.43 Å². The predicted octanol–water partition coefficient (Wildman–Crippen LogP) is 2.81. The van der Waals surface area contributed by atoms with Crippen LogP contribution in [0.4, 0.5) is 13.2 Å². The number of aryl methyl sites for hydroxylation is 1. The zero-order valence-corrected chi connectivity index (χ0v) is 15.9. The van der Waals surface area contributed by atoms with Gasteiger partial charge in [-0.15, -0.1) is 0 Å². The van der Waals surface area contributed by atoms with Gasteiger partial charge in [-0.2, -0.15) is 18.3 Å². The fourth-order valence-electron chi connectivity index (χ4n) is 2.85. The zero-order valence-electron chi connectivity index (χ0n) is 15.9. The van der Waals surface area contributed by atoms with Crippen molar-refractivity contribution in [3.63, 3.8) is 0 Å². The summed E-state index contributed by atoms with van der Waals surface area (Å²) in [6.45, 7) is 5.43. The first-order valence-electron chi connectivity index (χ1n) is 8.88. The maximum absolute atomic E-state index is 13.0. The lowest BCUT2D eigenvalue weighted by Gasteiger charge is -2.31. The Morgan fingerprint density at radius 3 is 2.39 bits per heavy atom. The molecule has 0 spiro atoms. The van der Waals surface area contributed by atoms with Crippen molar-refractivity contribution in [1.82, 2.24) is 15.1 Å². The van der Waals surface area contributed by atoms with Crippen LogP contribution in [0.3, 0.4) is 0 Å². The number of benzene rings is 1. The van der Waals surface area contributed by atoms with Crippen molar-refractivity contribution >= 4 is 5.91 Å². The van der Waals surface area contributed by atoms with E-state index in [-0.39, 0.29) is 12.2 Å². The third-order valence-electron chi connectivity index (χ3n) is 4.86. The Labute approximate surface area is 160 Å². The number of carbonyl (C=O) groups excluding carboxylic acids is 1. The Bertz CT molecular complexity index is 910. The molecule has 0 radical (unpaired) electrons. The molecule has 1 heterocycles. The molecule has 28 heavy (non-hydrogen) atoms. The SMILES string of the molecule is CCC(CC)(CN)NC(=O)c1nn(-c2cccc(C(F)(F)F)c2)c(C)cc1=O. The van der Waals surface area contributed by atoms with Gasteiger partial charge >= 0.3 is 6.18 Å². The van der Waals surface area contributed by atoms with Crippen LogP contribution in [0.15, 0.2) is 35.1 Å². The summed E-state index contributed by atoms with van der Waals surface area (Å²) in [7, 11) is 0. The third-order valence-corrected chi connectivity index (χ3v) is 4.86. The number of rotatable bonds is 6. The quantitative estimate of drug-likeness (QED) is 0.786. The molecule has 0 aliphatic rings. The molecule has 1 amide bonds. The van der Waals surface area contributed by atoms with Crippen LogP contribution in [0.2, 0.25) is 0 Å². The molecule has 1 aromatic heterocycles. The molecule has 0 saturated heterocycles. The molecule has 3 N–H and O–H groups in total. The number of halogens is 3. The first kappa shape index (κ1) is 21.6. The first-order chi connectivity index (χ1) is 13.1. The van der Waals surface area contributed by atoms with E-state index in [1.54, 1.807) is 0 Å². The lowest BCUT2D eigenvalue weighted by Crippen LogP contribution is -2.53. The van der Waals surface area contributed by atoms with Crippen LogP contribution in [0, 0.1) is 6.92 Å². The zero-order chi connectivity index (χ0) is 21.1. The second kappa shape index (κ2) is 8.14. The number of hydrogen-bond acceptors (Lipinski definition) is 4. The molecule has 0 atom stereocenters. The summed E-state index contributed by atoms with van der Waals surface area (Å²) in [5.41, 5.74) is 3.62. The molecule has 1 aromatic carbocycles. The van der Waals surface area contributed by atoms with Crippen LogP contribution in [0.5, 0.6) is 0 Å². The van der Waals surface area contributed by atoms with Crippen LogP contribution in [0.1, 0.15) is 48.4 Å². The maximum atomic E-state index is 13.0. The molecule has 152 valence electrons. The average molecular weight is 396 g/mol. The van der Waals surface area contributed by atoms with E-state index in [4.69, 9.17) is 5.73 Å². The van der Waals surface area contributed by atoms with Crippen LogP contribution in [-0.2, 0) is 6.18 Å². The Kier molecular flexibility index (Phi) is 6.28. The van der Waals surface area contributed by atoms with E-state index < -0.39 is 34.3 Å². The van der Waals surface area contributed by atoms with Gasteiger partial charge in [0.15, 0.2) is 5.69 Å². The topological polar surface area (TPSA) is 90.0 Å². The molecule has 0 aliphatic carbocycles. The van der Waals surface area contributed by atoms with Crippen molar-refractivity contribution in [1.29, 1.82) is 0 Å². The maximum Gasteiger partial charge on any atom is 0.416 e. The van der Waals surface area contributed by atoms with Gasteiger partial charge in [0, 0.05) is 18.3 Å². The Hall–Kier alpha value is -2.68. The van der Waals surface area contributed by atoms with Crippen LogP contribution < -0.4 is 16.5 Å². The summed E-state index contributed by atoms with van der Waals surface area (Å²) in [6, 6.07) is 5.68. The minimum atomic E-state index is -4.52. The summed E-state index contributed by atoms with van der Waals surface area (Å²) >= 11 is 0. The Morgan fingerprint density at radius 2 is 1.86 bits per heavy atom. The van der Waals surface area contributed by atoms with Gasteiger partial charge in [-0.25, -0.2) is 4.68 Å². The van der Waals surface area contributed by atoms with Crippen LogP contribution >= 0.6 is 0 Å². The highest BCUT2D eigenvalue weighted by atomic mass is 19.4. The van der Waals surface area contributed by atoms with E-state index >= 15 is 0 Å². The van der Waals surface area contributed by atoms with Crippen molar-refractivity contribution in [2.45, 2.75) is 45.3 Å². The molecule has 0 bridgehead atoms. The number of alkyl halides is 3. The van der Waals surface area contributed by atoms with E-state index in [1.165, 1.54) is 25.1 Å². The van der Waals surface area contributed by atoms with Crippen molar-refractivity contribution in [3.8, 4) is 5.69 Å². The lowest BCUT2D eigenvalue weighted by molar-refractivity contribution is -0.137. The van der Waals surface area contributed by atoms with Crippen molar-refractivity contribution in [2.24, 2.45) is 5.73 Å². The molecule has 2 rings (SSSR count). The predicted molar refractivity (Wildman–Crippen MR) is 99.4 cm³/mol. The van der Waals surface area contributed by atoms with E-state index in [1.807, 2.05) is 13.8 Å². The molecular weight excluding hydrogens is 373 g/mol. The number of nitrogens with one attached hydrogen (secondary N) is 1. The summed E-state index contributed by atoms with van der Waals surface area (Å²) < 4.78 is 40.2. The van der Waals surface area contributed by atoms with Crippen molar-refractivity contribution < 1.29 is 18.0 Å². The van der Waals surface area contributed by atoms with E-state index in [9.17, 15) is 22.8 Å². The molecule has 0 fully saturated rings. The molecule has 0 unspecified atom stereocenters. The number of aromatic nitrogens is 2. The molecule has 9 heteroatoms. The second-order valence-electron chi connectivity index (χ2n) is 6.60. The lowest BCUT2D eigenvalue weighted by atomic mass is 9.93. The van der Waals surface area contributed by atoms with Gasteiger partial charge in [0.1, 0.15) is 0 Å². The summed E-state index contributed by atoms with van der Waals surface area (Å²) in [4.78, 5) is 25.0. The van der Waals surface area contributed by atoms with E-state index in [0.29, 0.717) is 18.5 Å². The fourth-order valence-corrected chi connectivity index (χ4v) is 2.85. The number of nitrogens with two attached hydrogens (primary N) is 1. The minimum absolute atomic E-state index is 0.0949. The van der Waals surface area contributed by atoms with Gasteiger partial charge in [0.05, 0.1) is 16.8 Å². The normalized spacial score (nSPS) is 12.1. The molecule has 0 aliphatic heterocycles. The van der Waals surface area contributed by atoms with Gasteiger partial charge in [0.25, 0.3) is 5.91 Å². The standard InChI is InChI=1S/C19H23F3N4O2/c1-4-18(5-2,11-23)24-17(28)16-15(27)9-12(3)26(25-16)14-8-6-7-13(10-14)19(20,21)22/h6-10H,4-5,11,23H2,1-3H3,(H,24,28). The average Bonchev–Trinajstić information content (AvgIpc) is 2.65. The van der Waals surface area contributed by atoms with E-state index in [2.05, 4.69) is 10.4 Å². The number of nitrogens with zero attached hydrogens (tertiary/aromatic N) is 2. The Balaban J connectivity index is 2.51. The summed E-state index contributed by atoms with van der Waals surface area (Å²) in [6.07, 6.45) is -3.41. The second-order valence-corrected chi connectivity index (χ2v) is 6.60. The van der Waals surface area contributed by atoms with Crippen LogP contribution in [-0.4, -0.2) is 27.8 Å².